The lowest BCUT2D eigenvalue weighted by molar-refractivity contribution is -0.120. The van der Waals surface area contributed by atoms with Crippen LogP contribution in [0.1, 0.15) is 19.4 Å². The third kappa shape index (κ3) is 1.77. The van der Waals surface area contributed by atoms with Gasteiger partial charge in [-0.25, -0.2) is 4.90 Å². The Morgan fingerprint density at radius 3 is 2.22 bits per heavy atom. The van der Waals surface area contributed by atoms with E-state index in [9.17, 15) is 9.59 Å². The molecule has 0 unspecified atom stereocenters. The fourth-order valence-corrected chi connectivity index (χ4v) is 2.00. The van der Waals surface area contributed by atoms with Crippen LogP contribution in [0.25, 0.3) is 6.08 Å². The van der Waals surface area contributed by atoms with Crippen LogP contribution in [0.4, 0.5) is 5.69 Å². The van der Waals surface area contributed by atoms with Crippen molar-refractivity contribution in [1.29, 1.82) is 0 Å². The number of benzene rings is 1. The smallest absolute Gasteiger partial charge is 0.261 e. The number of amides is 2. The number of rotatable bonds is 2. The highest BCUT2D eigenvalue weighted by atomic mass is 35.5. The Balaban J connectivity index is 2.49. The second-order valence-electron chi connectivity index (χ2n) is 4.11. The summed E-state index contributed by atoms with van der Waals surface area (Å²) in [4.78, 5) is 25.2. The SMILES string of the molecule is C=Cc1cc(N2C(=O)C(C)=C(C)C2=O)ccc1Cl. The van der Waals surface area contributed by atoms with Gasteiger partial charge in [0.2, 0.25) is 0 Å². The molecule has 1 heterocycles. The largest absolute Gasteiger partial charge is 0.269 e. The first-order valence-electron chi connectivity index (χ1n) is 5.45. The monoisotopic (exact) mass is 261 g/mol. The summed E-state index contributed by atoms with van der Waals surface area (Å²) >= 11 is 5.96. The lowest BCUT2D eigenvalue weighted by Crippen LogP contribution is -2.31. The fourth-order valence-electron chi connectivity index (χ4n) is 1.81. The molecule has 3 nitrogen and oxygen atoms in total. The van der Waals surface area contributed by atoms with Crippen molar-refractivity contribution in [3.8, 4) is 0 Å². The molecule has 0 aromatic heterocycles. The molecular formula is C14H12ClNO2. The van der Waals surface area contributed by atoms with Gasteiger partial charge < -0.3 is 0 Å². The van der Waals surface area contributed by atoms with Gasteiger partial charge in [-0.05, 0) is 37.6 Å². The van der Waals surface area contributed by atoms with Gasteiger partial charge in [-0.2, -0.15) is 0 Å². The van der Waals surface area contributed by atoms with Crippen LogP contribution in [0.3, 0.4) is 0 Å². The van der Waals surface area contributed by atoms with Gasteiger partial charge in [-0.3, -0.25) is 9.59 Å². The standard InChI is InChI=1S/C14H12ClNO2/c1-4-10-7-11(5-6-12(10)15)16-13(17)8(2)9(3)14(16)18/h4-7H,1H2,2-3H3. The average molecular weight is 262 g/mol. The normalized spacial score (nSPS) is 15.6. The molecule has 0 saturated heterocycles. The summed E-state index contributed by atoms with van der Waals surface area (Å²) < 4.78 is 0. The first-order chi connectivity index (χ1) is 8.47. The number of carbonyl (C=O) groups excluding carboxylic acids is 2. The Bertz CT molecular complexity index is 578. The number of hydrogen-bond acceptors (Lipinski definition) is 2. The Morgan fingerprint density at radius 1 is 1.17 bits per heavy atom. The molecule has 0 N–H and O–H groups in total. The molecule has 92 valence electrons. The van der Waals surface area contributed by atoms with E-state index in [1.807, 2.05) is 0 Å². The topological polar surface area (TPSA) is 37.4 Å². The highest BCUT2D eigenvalue weighted by Crippen LogP contribution is 2.29. The van der Waals surface area contributed by atoms with Crippen LogP contribution < -0.4 is 4.90 Å². The van der Waals surface area contributed by atoms with Gasteiger partial charge in [0.15, 0.2) is 0 Å². The summed E-state index contributed by atoms with van der Waals surface area (Å²) in [6.07, 6.45) is 1.59. The summed E-state index contributed by atoms with van der Waals surface area (Å²) in [6.45, 7) is 6.95. The van der Waals surface area contributed by atoms with Gasteiger partial charge in [-0.15, -0.1) is 0 Å². The second-order valence-corrected chi connectivity index (χ2v) is 4.51. The summed E-state index contributed by atoms with van der Waals surface area (Å²) in [6, 6.07) is 4.98. The van der Waals surface area contributed by atoms with Crippen LogP contribution in [0, 0.1) is 0 Å². The molecule has 2 rings (SSSR count). The molecular weight excluding hydrogens is 250 g/mol. The fraction of sp³-hybridized carbons (Fsp3) is 0.143. The number of carbonyl (C=O) groups is 2. The average Bonchev–Trinajstić information content (AvgIpc) is 2.55. The zero-order valence-corrected chi connectivity index (χ0v) is 10.9. The highest BCUT2D eigenvalue weighted by molar-refractivity contribution is 6.34. The number of halogens is 1. The summed E-state index contributed by atoms with van der Waals surface area (Å²) in [5, 5.41) is 0.536. The zero-order valence-electron chi connectivity index (χ0n) is 10.2. The van der Waals surface area contributed by atoms with Crippen LogP contribution in [-0.4, -0.2) is 11.8 Å². The molecule has 0 spiro atoms. The predicted octanol–water partition coefficient (Wildman–Crippen LogP) is 3.19. The van der Waals surface area contributed by atoms with Crippen molar-refractivity contribution in [3.05, 3.63) is 46.5 Å². The van der Waals surface area contributed by atoms with Crippen molar-refractivity contribution in [2.24, 2.45) is 0 Å². The number of anilines is 1. The molecule has 0 saturated carbocycles. The predicted molar refractivity (Wildman–Crippen MR) is 72.4 cm³/mol. The Hall–Kier alpha value is -1.87. The van der Waals surface area contributed by atoms with Gasteiger partial charge in [0.1, 0.15) is 0 Å². The third-order valence-electron chi connectivity index (χ3n) is 3.07. The van der Waals surface area contributed by atoms with Gasteiger partial charge in [0, 0.05) is 16.2 Å². The van der Waals surface area contributed by atoms with Gasteiger partial charge >= 0.3 is 0 Å². The Morgan fingerprint density at radius 2 is 1.72 bits per heavy atom. The molecule has 0 bridgehead atoms. The number of nitrogens with zero attached hydrogens (tertiary/aromatic N) is 1. The van der Waals surface area contributed by atoms with E-state index in [0.29, 0.717) is 27.4 Å². The van der Waals surface area contributed by atoms with Crippen molar-refractivity contribution in [3.63, 3.8) is 0 Å². The first kappa shape index (κ1) is 12.6. The van der Waals surface area contributed by atoms with Crippen molar-refractivity contribution in [2.45, 2.75) is 13.8 Å². The quantitative estimate of drug-likeness (QED) is 0.767. The van der Waals surface area contributed by atoms with E-state index in [1.54, 1.807) is 38.1 Å². The van der Waals surface area contributed by atoms with E-state index in [0.717, 1.165) is 4.90 Å². The minimum absolute atomic E-state index is 0.283. The summed E-state index contributed by atoms with van der Waals surface area (Å²) in [5.74, 6) is -0.565. The van der Waals surface area contributed by atoms with Gasteiger partial charge in [-0.1, -0.05) is 24.3 Å². The van der Waals surface area contributed by atoms with E-state index in [-0.39, 0.29) is 11.8 Å². The number of hydrogen-bond donors (Lipinski definition) is 0. The minimum atomic E-state index is -0.283. The summed E-state index contributed by atoms with van der Waals surface area (Å²) in [7, 11) is 0. The maximum Gasteiger partial charge on any atom is 0.261 e. The maximum absolute atomic E-state index is 12.0. The van der Waals surface area contributed by atoms with Crippen molar-refractivity contribution in [2.75, 3.05) is 4.90 Å². The Kier molecular flexibility index (Phi) is 3.09. The molecule has 1 aromatic rings. The van der Waals surface area contributed by atoms with E-state index in [1.165, 1.54) is 0 Å². The van der Waals surface area contributed by atoms with Crippen molar-refractivity contribution >= 4 is 35.2 Å². The summed E-state index contributed by atoms with van der Waals surface area (Å²) in [5.41, 5.74) is 2.17. The molecule has 0 fully saturated rings. The van der Waals surface area contributed by atoms with E-state index in [4.69, 9.17) is 11.6 Å². The second kappa shape index (κ2) is 4.42. The minimum Gasteiger partial charge on any atom is -0.269 e. The van der Waals surface area contributed by atoms with Crippen LogP contribution >= 0.6 is 11.6 Å². The molecule has 0 atom stereocenters. The van der Waals surface area contributed by atoms with Crippen molar-refractivity contribution in [1.82, 2.24) is 0 Å². The molecule has 1 aromatic carbocycles. The molecule has 0 radical (unpaired) electrons. The lowest BCUT2D eigenvalue weighted by Gasteiger charge is -2.15. The first-order valence-corrected chi connectivity index (χ1v) is 5.83. The Labute approximate surface area is 110 Å². The van der Waals surface area contributed by atoms with Crippen molar-refractivity contribution < 1.29 is 9.59 Å². The third-order valence-corrected chi connectivity index (χ3v) is 3.41. The highest BCUT2D eigenvalue weighted by Gasteiger charge is 2.34. The van der Waals surface area contributed by atoms with Gasteiger partial charge in [0.25, 0.3) is 11.8 Å². The molecule has 4 heteroatoms. The van der Waals surface area contributed by atoms with E-state index < -0.39 is 0 Å². The van der Waals surface area contributed by atoms with Crippen LogP contribution in [0.5, 0.6) is 0 Å². The van der Waals surface area contributed by atoms with Crippen LogP contribution in [0.2, 0.25) is 5.02 Å². The van der Waals surface area contributed by atoms with Crippen LogP contribution in [-0.2, 0) is 9.59 Å². The molecule has 1 aliphatic heterocycles. The maximum atomic E-state index is 12.0. The molecule has 18 heavy (non-hydrogen) atoms. The molecule has 1 aliphatic rings. The van der Waals surface area contributed by atoms with E-state index in [2.05, 4.69) is 6.58 Å². The molecule has 2 amide bonds. The van der Waals surface area contributed by atoms with E-state index >= 15 is 0 Å². The lowest BCUT2D eigenvalue weighted by atomic mass is 10.2. The number of imide groups is 1. The molecule has 0 aliphatic carbocycles. The zero-order chi connectivity index (χ0) is 13.4. The van der Waals surface area contributed by atoms with Gasteiger partial charge in [0.05, 0.1) is 5.69 Å². The van der Waals surface area contributed by atoms with Crippen LogP contribution in [0.15, 0.2) is 35.9 Å².